The van der Waals surface area contributed by atoms with Crippen molar-refractivity contribution in [3.8, 4) is 0 Å². The molecule has 0 aliphatic carbocycles. The molecule has 1 aromatic carbocycles. The Morgan fingerprint density at radius 1 is 1.50 bits per heavy atom. The standard InChI is InChI=1S/C9H10ClIN2O4S/c1-2-17-9(14)13-18(15,16)12-8-5-6(11)3-4-7(8)10/h3-5,12H,2H2,1H3,(H,13,14). The van der Waals surface area contributed by atoms with Gasteiger partial charge < -0.3 is 4.74 Å². The smallest absolute Gasteiger partial charge is 0.422 e. The molecule has 0 saturated carbocycles. The summed E-state index contributed by atoms with van der Waals surface area (Å²) >= 11 is 7.83. The van der Waals surface area contributed by atoms with Crippen LogP contribution < -0.4 is 9.44 Å². The van der Waals surface area contributed by atoms with Gasteiger partial charge in [-0.3, -0.25) is 4.72 Å². The lowest BCUT2D eigenvalue weighted by Crippen LogP contribution is -2.35. The molecule has 0 fully saturated rings. The quantitative estimate of drug-likeness (QED) is 0.755. The molecule has 100 valence electrons. The molecule has 0 aliphatic heterocycles. The third-order valence-corrected chi connectivity index (χ3v) is 3.59. The number of benzene rings is 1. The monoisotopic (exact) mass is 404 g/mol. The zero-order valence-electron chi connectivity index (χ0n) is 9.24. The van der Waals surface area contributed by atoms with Crippen LogP contribution in [0.25, 0.3) is 0 Å². The van der Waals surface area contributed by atoms with E-state index in [0.717, 1.165) is 3.57 Å². The SMILES string of the molecule is CCOC(=O)NS(=O)(=O)Nc1cc(I)ccc1Cl. The highest BCUT2D eigenvalue weighted by atomic mass is 127. The summed E-state index contributed by atoms with van der Waals surface area (Å²) in [6, 6.07) is 4.80. The van der Waals surface area contributed by atoms with E-state index in [9.17, 15) is 13.2 Å². The van der Waals surface area contributed by atoms with Crippen LogP contribution in [0.15, 0.2) is 18.2 Å². The van der Waals surface area contributed by atoms with Crippen LogP contribution in [0.2, 0.25) is 5.02 Å². The van der Waals surface area contributed by atoms with Crippen molar-refractivity contribution in [1.29, 1.82) is 0 Å². The molecule has 0 saturated heterocycles. The zero-order chi connectivity index (χ0) is 13.8. The van der Waals surface area contributed by atoms with Gasteiger partial charge in [0.2, 0.25) is 0 Å². The molecule has 0 spiro atoms. The molecule has 0 unspecified atom stereocenters. The number of nitrogens with one attached hydrogen (secondary N) is 2. The second-order valence-corrected chi connectivity index (χ2v) is 6.12. The van der Waals surface area contributed by atoms with Gasteiger partial charge in [0.15, 0.2) is 0 Å². The molecule has 9 heteroatoms. The van der Waals surface area contributed by atoms with Gasteiger partial charge in [-0.1, -0.05) is 11.6 Å². The summed E-state index contributed by atoms with van der Waals surface area (Å²) in [5, 5.41) is 0.227. The van der Waals surface area contributed by atoms with Crippen molar-refractivity contribution < 1.29 is 17.9 Å². The predicted octanol–water partition coefficient (Wildman–Crippen LogP) is 2.35. The number of halogens is 2. The number of hydrogen-bond donors (Lipinski definition) is 2. The van der Waals surface area contributed by atoms with Crippen molar-refractivity contribution in [2.75, 3.05) is 11.3 Å². The van der Waals surface area contributed by atoms with Gasteiger partial charge in [-0.05, 0) is 47.7 Å². The Bertz CT molecular complexity index is 549. The lowest BCUT2D eigenvalue weighted by Gasteiger charge is -2.10. The topological polar surface area (TPSA) is 84.5 Å². The molecule has 2 N–H and O–H groups in total. The van der Waals surface area contributed by atoms with E-state index in [2.05, 4.69) is 9.46 Å². The number of rotatable bonds is 4. The minimum Gasteiger partial charge on any atom is -0.449 e. The minimum atomic E-state index is -4.06. The maximum absolute atomic E-state index is 11.6. The fourth-order valence-electron chi connectivity index (χ4n) is 1.02. The Morgan fingerprint density at radius 3 is 2.78 bits per heavy atom. The zero-order valence-corrected chi connectivity index (χ0v) is 13.0. The van der Waals surface area contributed by atoms with Crippen LogP contribution in [0, 0.1) is 3.57 Å². The Balaban J connectivity index is 2.82. The van der Waals surface area contributed by atoms with Crippen LogP contribution in [0.1, 0.15) is 6.92 Å². The Morgan fingerprint density at radius 2 is 2.17 bits per heavy atom. The van der Waals surface area contributed by atoms with Crippen LogP contribution in [-0.2, 0) is 14.9 Å². The highest BCUT2D eigenvalue weighted by molar-refractivity contribution is 14.1. The summed E-state index contributed by atoms with van der Waals surface area (Å²) in [4.78, 5) is 11.0. The van der Waals surface area contributed by atoms with Gasteiger partial charge in [-0.25, -0.2) is 9.52 Å². The molecule has 0 aliphatic rings. The Labute approximate surface area is 123 Å². The van der Waals surface area contributed by atoms with E-state index in [1.165, 1.54) is 6.07 Å². The number of amides is 1. The van der Waals surface area contributed by atoms with Crippen molar-refractivity contribution in [1.82, 2.24) is 4.72 Å². The third kappa shape index (κ3) is 4.86. The van der Waals surface area contributed by atoms with E-state index in [4.69, 9.17) is 11.6 Å². The molecule has 18 heavy (non-hydrogen) atoms. The van der Waals surface area contributed by atoms with E-state index in [1.54, 1.807) is 23.8 Å². The van der Waals surface area contributed by atoms with E-state index in [-0.39, 0.29) is 17.3 Å². The molecular weight excluding hydrogens is 395 g/mol. The van der Waals surface area contributed by atoms with Crippen LogP contribution in [-0.4, -0.2) is 21.1 Å². The summed E-state index contributed by atoms with van der Waals surface area (Å²) < 4.78 is 32.2. The molecule has 0 radical (unpaired) electrons. The first kappa shape index (κ1) is 15.3. The first-order chi connectivity index (χ1) is 8.34. The first-order valence-electron chi connectivity index (χ1n) is 4.76. The molecule has 6 nitrogen and oxygen atoms in total. The van der Waals surface area contributed by atoms with E-state index in [0.29, 0.717) is 0 Å². The first-order valence-corrected chi connectivity index (χ1v) is 7.70. The van der Waals surface area contributed by atoms with Crippen LogP contribution in [0.3, 0.4) is 0 Å². The Kier molecular flexibility index (Phi) is 5.47. The van der Waals surface area contributed by atoms with Crippen molar-refractivity contribution in [3.63, 3.8) is 0 Å². The highest BCUT2D eigenvalue weighted by Crippen LogP contribution is 2.24. The van der Waals surface area contributed by atoms with Gasteiger partial charge >= 0.3 is 16.3 Å². The van der Waals surface area contributed by atoms with Crippen molar-refractivity contribution in [2.24, 2.45) is 0 Å². The van der Waals surface area contributed by atoms with Crippen LogP contribution in [0.5, 0.6) is 0 Å². The van der Waals surface area contributed by atoms with Crippen molar-refractivity contribution in [2.45, 2.75) is 6.92 Å². The van der Waals surface area contributed by atoms with E-state index in [1.807, 2.05) is 22.6 Å². The number of carbonyl (C=O) groups excluding carboxylic acids is 1. The van der Waals surface area contributed by atoms with Crippen molar-refractivity contribution in [3.05, 3.63) is 26.8 Å². The molecule has 0 heterocycles. The highest BCUT2D eigenvalue weighted by Gasteiger charge is 2.16. The molecule has 0 aromatic heterocycles. The molecule has 1 aromatic rings. The van der Waals surface area contributed by atoms with Gasteiger partial charge in [0, 0.05) is 3.57 Å². The maximum atomic E-state index is 11.6. The second-order valence-electron chi connectivity index (χ2n) is 3.05. The summed E-state index contributed by atoms with van der Waals surface area (Å²) in [7, 11) is -4.06. The summed E-state index contributed by atoms with van der Waals surface area (Å²) in [6.45, 7) is 1.64. The number of hydrogen-bond acceptors (Lipinski definition) is 4. The van der Waals surface area contributed by atoms with E-state index >= 15 is 0 Å². The second kappa shape index (κ2) is 6.43. The average Bonchev–Trinajstić information content (AvgIpc) is 2.22. The van der Waals surface area contributed by atoms with Gasteiger partial charge in [-0.15, -0.1) is 0 Å². The summed E-state index contributed by atoms with van der Waals surface area (Å²) in [5.41, 5.74) is 0.181. The summed E-state index contributed by atoms with van der Waals surface area (Å²) in [5.74, 6) is 0. The lowest BCUT2D eigenvalue weighted by atomic mass is 10.3. The van der Waals surface area contributed by atoms with E-state index < -0.39 is 16.3 Å². The van der Waals surface area contributed by atoms with Gasteiger partial charge in [-0.2, -0.15) is 8.42 Å². The molecule has 1 rings (SSSR count). The van der Waals surface area contributed by atoms with Gasteiger partial charge in [0.1, 0.15) is 0 Å². The van der Waals surface area contributed by atoms with Gasteiger partial charge in [0.25, 0.3) is 0 Å². The number of anilines is 1. The maximum Gasteiger partial charge on any atom is 0.422 e. The predicted molar refractivity (Wildman–Crippen MR) is 76.9 cm³/mol. The molecule has 0 atom stereocenters. The number of carbonyl (C=O) groups is 1. The molecule has 0 bridgehead atoms. The van der Waals surface area contributed by atoms with Gasteiger partial charge in [0.05, 0.1) is 17.3 Å². The van der Waals surface area contributed by atoms with Crippen LogP contribution >= 0.6 is 34.2 Å². The molecular formula is C9H10ClIN2O4S. The fourth-order valence-corrected chi connectivity index (χ4v) is 2.52. The van der Waals surface area contributed by atoms with Crippen molar-refractivity contribution >= 4 is 56.2 Å². The normalized spacial score (nSPS) is 10.8. The molecule has 1 amide bonds. The lowest BCUT2D eigenvalue weighted by molar-refractivity contribution is 0.159. The number of ether oxygens (including phenoxy) is 1. The largest absolute Gasteiger partial charge is 0.449 e. The third-order valence-electron chi connectivity index (χ3n) is 1.67. The fraction of sp³-hybridized carbons (Fsp3) is 0.222. The minimum absolute atomic E-state index is 0.0747. The van der Waals surface area contributed by atoms with Crippen LogP contribution in [0.4, 0.5) is 10.5 Å². The Hall–Kier alpha value is -0.740. The average molecular weight is 405 g/mol. The summed E-state index contributed by atoms with van der Waals surface area (Å²) in [6.07, 6.45) is -1.05.